The van der Waals surface area contributed by atoms with E-state index in [0.717, 1.165) is 17.6 Å². The summed E-state index contributed by atoms with van der Waals surface area (Å²) < 4.78 is 0. The van der Waals surface area contributed by atoms with Crippen LogP contribution in [0.1, 0.15) is 17.6 Å². The van der Waals surface area contributed by atoms with Gasteiger partial charge in [-0.25, -0.2) is 4.98 Å². The predicted octanol–water partition coefficient (Wildman–Crippen LogP) is 2.18. The highest BCUT2D eigenvalue weighted by Gasteiger charge is 2.16. The number of hydrogen-bond donors (Lipinski definition) is 0. The van der Waals surface area contributed by atoms with Gasteiger partial charge in [0, 0.05) is 36.9 Å². The van der Waals surface area contributed by atoms with Crippen LogP contribution in [0.25, 0.3) is 0 Å². The van der Waals surface area contributed by atoms with Crippen LogP contribution in [-0.2, 0) is 11.9 Å². The van der Waals surface area contributed by atoms with Crippen LogP contribution in [0.15, 0.2) is 5.38 Å². The molecule has 1 aliphatic rings. The molecule has 0 aliphatic carbocycles. The Morgan fingerprint density at radius 1 is 1.31 bits per heavy atom. The quantitative estimate of drug-likeness (QED) is 0.795. The minimum Gasteiger partial charge on any atom is -0.301 e. The highest BCUT2D eigenvalue weighted by molar-refractivity contribution is 9.08. The smallest absolute Gasteiger partial charge is 0.107 e. The van der Waals surface area contributed by atoms with Gasteiger partial charge in [0.25, 0.3) is 0 Å². The van der Waals surface area contributed by atoms with E-state index in [2.05, 4.69) is 43.0 Å². The minimum atomic E-state index is 0.868. The molecule has 3 nitrogen and oxygen atoms in total. The lowest BCUT2D eigenvalue weighted by molar-refractivity contribution is 0.132. The zero-order chi connectivity index (χ0) is 11.4. The second-order valence-electron chi connectivity index (χ2n) is 4.08. The molecule has 16 heavy (non-hydrogen) atoms. The normalized spacial score (nSPS) is 19.1. The number of thiazole rings is 1. The first-order valence-electron chi connectivity index (χ1n) is 5.75. The number of piperazine rings is 1. The molecule has 0 radical (unpaired) electrons. The van der Waals surface area contributed by atoms with Crippen LogP contribution in [0.5, 0.6) is 0 Å². The second kappa shape index (κ2) is 6.10. The Morgan fingerprint density at radius 2 is 2.00 bits per heavy atom. The number of alkyl halides is 1. The van der Waals surface area contributed by atoms with E-state index < -0.39 is 0 Å². The Labute approximate surface area is 110 Å². The lowest BCUT2D eigenvalue weighted by Gasteiger charge is -2.33. The fourth-order valence-electron chi connectivity index (χ4n) is 1.94. The summed E-state index contributed by atoms with van der Waals surface area (Å²) in [4.78, 5) is 9.58. The Kier molecular flexibility index (Phi) is 4.76. The fourth-order valence-corrected chi connectivity index (χ4v) is 3.27. The van der Waals surface area contributed by atoms with Crippen molar-refractivity contribution in [2.45, 2.75) is 18.8 Å². The third-order valence-electron chi connectivity index (χ3n) is 3.01. The molecule has 1 aromatic rings. The number of rotatable bonds is 4. The summed E-state index contributed by atoms with van der Waals surface area (Å²) in [5.41, 5.74) is 1.16. The first-order valence-corrected chi connectivity index (χ1v) is 7.76. The Hall–Kier alpha value is 0.0300. The van der Waals surface area contributed by atoms with Gasteiger partial charge in [0.2, 0.25) is 0 Å². The molecule has 1 saturated heterocycles. The van der Waals surface area contributed by atoms with Crippen molar-refractivity contribution in [1.29, 1.82) is 0 Å². The largest absolute Gasteiger partial charge is 0.301 e. The lowest BCUT2D eigenvalue weighted by atomic mass is 10.3. The van der Waals surface area contributed by atoms with Gasteiger partial charge in [0.05, 0.1) is 12.2 Å². The molecule has 0 unspecified atom stereocenters. The Morgan fingerprint density at radius 3 is 2.56 bits per heavy atom. The van der Waals surface area contributed by atoms with Crippen molar-refractivity contribution in [3.8, 4) is 0 Å². The minimum absolute atomic E-state index is 0.868. The van der Waals surface area contributed by atoms with Gasteiger partial charge in [0.1, 0.15) is 5.01 Å². The first kappa shape index (κ1) is 12.5. The summed E-state index contributed by atoms with van der Waals surface area (Å²) in [7, 11) is 0. The molecular formula is C11H18BrN3S. The maximum absolute atomic E-state index is 4.58. The molecule has 0 spiro atoms. The average molecular weight is 304 g/mol. The van der Waals surface area contributed by atoms with Crippen LogP contribution < -0.4 is 0 Å². The SMILES string of the molecule is CCN1CCN(Cc2nc(CBr)cs2)CC1. The molecule has 90 valence electrons. The Balaban J connectivity index is 1.82. The van der Waals surface area contributed by atoms with E-state index >= 15 is 0 Å². The van der Waals surface area contributed by atoms with Crippen molar-refractivity contribution in [2.75, 3.05) is 32.7 Å². The van der Waals surface area contributed by atoms with E-state index in [1.54, 1.807) is 11.3 Å². The summed E-state index contributed by atoms with van der Waals surface area (Å²) in [5, 5.41) is 4.26. The molecule has 1 fully saturated rings. The van der Waals surface area contributed by atoms with Gasteiger partial charge < -0.3 is 4.90 Å². The fraction of sp³-hybridized carbons (Fsp3) is 0.727. The zero-order valence-corrected chi connectivity index (χ0v) is 12.1. The number of halogens is 1. The number of likely N-dealkylation sites (N-methyl/N-ethyl adjacent to an activating group) is 1. The van der Waals surface area contributed by atoms with Crippen LogP contribution in [-0.4, -0.2) is 47.5 Å². The lowest BCUT2D eigenvalue weighted by Crippen LogP contribution is -2.45. The molecular weight excluding hydrogens is 286 g/mol. The summed E-state index contributed by atoms with van der Waals surface area (Å²) in [6, 6.07) is 0. The average Bonchev–Trinajstić information content (AvgIpc) is 2.78. The molecule has 0 N–H and O–H groups in total. The van der Waals surface area contributed by atoms with E-state index in [4.69, 9.17) is 0 Å². The third kappa shape index (κ3) is 3.26. The summed E-state index contributed by atoms with van der Waals surface area (Å²) in [6.45, 7) is 9.20. The van der Waals surface area contributed by atoms with Gasteiger partial charge in [-0.15, -0.1) is 11.3 Å². The van der Waals surface area contributed by atoms with Gasteiger partial charge in [0.15, 0.2) is 0 Å². The van der Waals surface area contributed by atoms with Gasteiger partial charge in [-0.05, 0) is 6.54 Å². The molecule has 2 rings (SSSR count). The van der Waals surface area contributed by atoms with Crippen LogP contribution in [0.4, 0.5) is 0 Å². The highest BCUT2D eigenvalue weighted by atomic mass is 79.9. The number of hydrogen-bond acceptors (Lipinski definition) is 4. The summed E-state index contributed by atoms with van der Waals surface area (Å²) in [6.07, 6.45) is 0. The van der Waals surface area contributed by atoms with Gasteiger partial charge in [-0.1, -0.05) is 22.9 Å². The first-order chi connectivity index (χ1) is 7.81. The van der Waals surface area contributed by atoms with Crippen LogP contribution in [0.2, 0.25) is 0 Å². The molecule has 5 heteroatoms. The van der Waals surface area contributed by atoms with E-state index in [-0.39, 0.29) is 0 Å². The third-order valence-corrected chi connectivity index (χ3v) is 4.46. The van der Waals surface area contributed by atoms with Gasteiger partial charge in [-0.2, -0.15) is 0 Å². The standard InChI is InChI=1S/C11H18BrN3S/c1-2-14-3-5-15(6-4-14)8-11-13-10(7-12)9-16-11/h9H,2-8H2,1H3. The van der Waals surface area contributed by atoms with E-state index in [0.29, 0.717) is 0 Å². The molecule has 0 amide bonds. The molecule has 1 aliphatic heterocycles. The van der Waals surface area contributed by atoms with Crippen molar-refractivity contribution in [3.63, 3.8) is 0 Å². The van der Waals surface area contributed by atoms with Gasteiger partial charge in [-0.3, -0.25) is 4.90 Å². The second-order valence-corrected chi connectivity index (χ2v) is 5.58. The summed E-state index contributed by atoms with van der Waals surface area (Å²) in [5.74, 6) is 0. The van der Waals surface area contributed by atoms with Crippen molar-refractivity contribution in [2.24, 2.45) is 0 Å². The molecule has 0 saturated carbocycles. The number of aromatic nitrogens is 1. The van der Waals surface area contributed by atoms with Crippen LogP contribution >= 0.6 is 27.3 Å². The Bertz CT molecular complexity index is 321. The maximum Gasteiger partial charge on any atom is 0.107 e. The van der Waals surface area contributed by atoms with Crippen molar-refractivity contribution in [3.05, 3.63) is 16.1 Å². The molecule has 0 aromatic carbocycles. The van der Waals surface area contributed by atoms with Gasteiger partial charge >= 0.3 is 0 Å². The van der Waals surface area contributed by atoms with E-state index in [9.17, 15) is 0 Å². The molecule has 1 aromatic heterocycles. The van der Waals surface area contributed by atoms with Crippen LogP contribution in [0.3, 0.4) is 0 Å². The van der Waals surface area contributed by atoms with Crippen molar-refractivity contribution < 1.29 is 0 Å². The van der Waals surface area contributed by atoms with Crippen LogP contribution in [0, 0.1) is 0 Å². The predicted molar refractivity (Wildman–Crippen MR) is 72.1 cm³/mol. The van der Waals surface area contributed by atoms with E-state index in [1.807, 2.05) is 0 Å². The molecule has 0 atom stereocenters. The zero-order valence-electron chi connectivity index (χ0n) is 9.65. The highest BCUT2D eigenvalue weighted by Crippen LogP contribution is 2.15. The van der Waals surface area contributed by atoms with Crippen molar-refractivity contribution >= 4 is 27.3 Å². The van der Waals surface area contributed by atoms with E-state index in [1.165, 1.54) is 37.7 Å². The number of nitrogens with zero attached hydrogens (tertiary/aromatic N) is 3. The summed E-state index contributed by atoms with van der Waals surface area (Å²) >= 11 is 5.22. The molecule has 0 bridgehead atoms. The molecule has 2 heterocycles. The maximum atomic E-state index is 4.58. The topological polar surface area (TPSA) is 19.4 Å². The van der Waals surface area contributed by atoms with Crippen molar-refractivity contribution in [1.82, 2.24) is 14.8 Å². The monoisotopic (exact) mass is 303 g/mol.